The number of carbonyl (C=O) groups excluding carboxylic acids is 1. The van der Waals surface area contributed by atoms with Crippen LogP contribution in [0.3, 0.4) is 0 Å². The summed E-state index contributed by atoms with van der Waals surface area (Å²) in [4.78, 5) is 11.4. The molecule has 0 bridgehead atoms. The minimum atomic E-state index is -4.73. The summed E-state index contributed by atoms with van der Waals surface area (Å²) in [6.45, 7) is 0. The van der Waals surface area contributed by atoms with E-state index in [2.05, 4.69) is 0 Å². The highest BCUT2D eigenvalue weighted by Crippen LogP contribution is 2.30. The third kappa shape index (κ3) is 3.80. The Kier molecular flexibility index (Phi) is 3.80. The molecule has 1 aromatic rings. The first-order valence-electron chi connectivity index (χ1n) is 4.58. The summed E-state index contributed by atoms with van der Waals surface area (Å²) in [5, 5.41) is 0. The maximum absolute atomic E-state index is 13.2. The highest BCUT2D eigenvalue weighted by atomic mass is 32.2. The molecule has 0 fully saturated rings. The molecule has 0 N–H and O–H groups in total. The first kappa shape index (κ1) is 14.6. The van der Waals surface area contributed by atoms with Gasteiger partial charge in [0.2, 0.25) is 0 Å². The summed E-state index contributed by atoms with van der Waals surface area (Å²) < 4.78 is 71.9. The molecule has 0 aliphatic carbocycles. The summed E-state index contributed by atoms with van der Waals surface area (Å²) >= 11 is 0. The zero-order chi connectivity index (χ0) is 14.1. The summed E-state index contributed by atoms with van der Waals surface area (Å²) in [7, 11) is -3.73. The molecule has 18 heavy (non-hydrogen) atoms. The molecule has 0 aromatic heterocycles. The number of carbonyl (C=O) groups is 1. The number of ketones is 1. The number of alkyl halides is 3. The van der Waals surface area contributed by atoms with Gasteiger partial charge in [-0.05, 0) is 18.2 Å². The average Bonchev–Trinajstić information content (AvgIpc) is 2.13. The van der Waals surface area contributed by atoms with Crippen LogP contribution in [-0.2, 0) is 16.0 Å². The summed E-state index contributed by atoms with van der Waals surface area (Å²) in [5.74, 6) is -3.43. The number of halogens is 4. The fourth-order valence-electron chi connectivity index (χ4n) is 1.23. The van der Waals surface area contributed by atoms with Gasteiger partial charge < -0.3 is 0 Å². The fraction of sp³-hybridized carbons (Fsp3) is 0.300. The van der Waals surface area contributed by atoms with Crippen LogP contribution in [0.5, 0.6) is 0 Å². The first-order valence-corrected chi connectivity index (χ1v) is 6.64. The van der Waals surface area contributed by atoms with Crippen LogP contribution in [0.25, 0.3) is 0 Å². The largest absolute Gasteiger partial charge is 0.416 e. The molecule has 0 aliphatic heterocycles. The third-order valence-corrected chi connectivity index (χ3v) is 2.77. The van der Waals surface area contributed by atoms with Gasteiger partial charge in [0.25, 0.3) is 0 Å². The number of Topliss-reactive ketones (excluding diaryl/α,β-unsaturated/α-hetero) is 1. The Morgan fingerprint density at radius 1 is 1.28 bits per heavy atom. The molecule has 8 heteroatoms. The predicted molar refractivity (Wildman–Crippen MR) is 55.4 cm³/mol. The third-order valence-electron chi connectivity index (χ3n) is 1.99. The Morgan fingerprint density at radius 3 is 2.28 bits per heavy atom. The van der Waals surface area contributed by atoms with Crippen molar-refractivity contribution in [3.8, 4) is 0 Å². The minimum absolute atomic E-state index is 0.308. The molecule has 0 saturated heterocycles. The van der Waals surface area contributed by atoms with E-state index in [0.29, 0.717) is 18.2 Å². The topological polar surface area (TPSA) is 51.2 Å². The standard InChI is InChI=1S/C10H8F4O3S/c1-18(16,17)5-9(15)7-4-6(10(12,13)14)2-3-8(7)11/h2-4H,5H2,1H3. The minimum Gasteiger partial charge on any atom is -0.293 e. The van der Waals surface area contributed by atoms with Gasteiger partial charge in [0.15, 0.2) is 15.6 Å². The molecular formula is C10H8F4O3S. The Morgan fingerprint density at radius 2 is 1.83 bits per heavy atom. The van der Waals surface area contributed by atoms with Gasteiger partial charge in [-0.1, -0.05) is 0 Å². The Labute approximate surface area is 100 Å². The number of sulfone groups is 1. The highest BCUT2D eigenvalue weighted by molar-refractivity contribution is 7.91. The number of rotatable bonds is 3. The molecule has 0 saturated carbocycles. The smallest absolute Gasteiger partial charge is 0.293 e. The van der Waals surface area contributed by atoms with Crippen LogP contribution in [0.1, 0.15) is 15.9 Å². The molecule has 0 aliphatic rings. The van der Waals surface area contributed by atoms with Crippen molar-refractivity contribution in [2.24, 2.45) is 0 Å². The summed E-state index contributed by atoms with van der Waals surface area (Å²) in [6.07, 6.45) is -4.00. The summed E-state index contributed by atoms with van der Waals surface area (Å²) in [5.41, 5.74) is -2.09. The van der Waals surface area contributed by atoms with Crippen LogP contribution < -0.4 is 0 Å². The van der Waals surface area contributed by atoms with Gasteiger partial charge in [0.1, 0.15) is 11.6 Å². The molecular weight excluding hydrogens is 276 g/mol. The van der Waals surface area contributed by atoms with Crippen molar-refractivity contribution in [3.05, 3.63) is 35.1 Å². The van der Waals surface area contributed by atoms with Crippen LogP contribution in [0.4, 0.5) is 17.6 Å². The van der Waals surface area contributed by atoms with Crippen molar-refractivity contribution in [2.75, 3.05) is 12.0 Å². The van der Waals surface area contributed by atoms with Gasteiger partial charge in [-0.2, -0.15) is 13.2 Å². The lowest BCUT2D eigenvalue weighted by Crippen LogP contribution is -2.17. The van der Waals surface area contributed by atoms with Crippen LogP contribution in [0, 0.1) is 5.82 Å². The van der Waals surface area contributed by atoms with Gasteiger partial charge in [0, 0.05) is 6.26 Å². The second-order valence-corrected chi connectivity index (χ2v) is 5.83. The lowest BCUT2D eigenvalue weighted by molar-refractivity contribution is -0.137. The zero-order valence-electron chi connectivity index (χ0n) is 9.08. The normalized spacial score (nSPS) is 12.5. The maximum Gasteiger partial charge on any atom is 0.416 e. The van der Waals surface area contributed by atoms with Gasteiger partial charge >= 0.3 is 6.18 Å². The van der Waals surface area contributed by atoms with Crippen molar-refractivity contribution in [2.45, 2.75) is 6.18 Å². The number of hydrogen-bond donors (Lipinski definition) is 0. The zero-order valence-corrected chi connectivity index (χ0v) is 9.90. The molecule has 0 heterocycles. The summed E-state index contributed by atoms with van der Waals surface area (Å²) in [6, 6.07) is 1.27. The lowest BCUT2D eigenvalue weighted by atomic mass is 10.1. The van der Waals surface area contributed by atoms with Crippen molar-refractivity contribution < 1.29 is 30.8 Å². The van der Waals surface area contributed by atoms with Gasteiger partial charge in [-0.25, -0.2) is 12.8 Å². The monoisotopic (exact) mass is 284 g/mol. The second kappa shape index (κ2) is 4.68. The van der Waals surface area contributed by atoms with Crippen LogP contribution in [0.2, 0.25) is 0 Å². The Bertz CT molecular complexity index is 575. The fourth-order valence-corrected chi connectivity index (χ4v) is 1.86. The molecule has 0 unspecified atom stereocenters. The van der Waals surface area contributed by atoms with Crippen molar-refractivity contribution >= 4 is 15.6 Å². The van der Waals surface area contributed by atoms with E-state index in [9.17, 15) is 30.8 Å². The highest BCUT2D eigenvalue weighted by Gasteiger charge is 2.32. The second-order valence-electron chi connectivity index (χ2n) is 3.69. The molecule has 100 valence electrons. The van der Waals surface area contributed by atoms with Crippen molar-refractivity contribution in [1.82, 2.24) is 0 Å². The van der Waals surface area contributed by atoms with E-state index in [1.807, 2.05) is 0 Å². The van der Waals surface area contributed by atoms with Crippen LogP contribution >= 0.6 is 0 Å². The van der Waals surface area contributed by atoms with E-state index in [1.54, 1.807) is 0 Å². The van der Waals surface area contributed by atoms with E-state index in [0.717, 1.165) is 6.26 Å². The van der Waals surface area contributed by atoms with Crippen LogP contribution in [0.15, 0.2) is 18.2 Å². The maximum atomic E-state index is 13.2. The van der Waals surface area contributed by atoms with Gasteiger partial charge in [-0.15, -0.1) is 0 Å². The van der Waals surface area contributed by atoms with E-state index >= 15 is 0 Å². The van der Waals surface area contributed by atoms with Crippen LogP contribution in [-0.4, -0.2) is 26.2 Å². The Hall–Kier alpha value is -1.44. The first-order chi connectivity index (χ1) is 8.00. The van der Waals surface area contributed by atoms with E-state index in [-0.39, 0.29) is 0 Å². The van der Waals surface area contributed by atoms with Crippen molar-refractivity contribution in [1.29, 1.82) is 0 Å². The number of hydrogen-bond acceptors (Lipinski definition) is 3. The molecule has 1 aromatic carbocycles. The van der Waals surface area contributed by atoms with Gasteiger partial charge in [-0.3, -0.25) is 4.79 Å². The SMILES string of the molecule is CS(=O)(=O)CC(=O)c1cc(C(F)(F)F)ccc1F. The molecule has 1 rings (SSSR count). The average molecular weight is 284 g/mol. The Balaban J connectivity index is 3.20. The molecule has 3 nitrogen and oxygen atoms in total. The van der Waals surface area contributed by atoms with E-state index in [4.69, 9.17) is 0 Å². The quantitative estimate of drug-likeness (QED) is 0.630. The van der Waals surface area contributed by atoms with Crippen molar-refractivity contribution in [3.63, 3.8) is 0 Å². The predicted octanol–water partition coefficient (Wildman–Crippen LogP) is 2.07. The van der Waals surface area contributed by atoms with E-state index in [1.165, 1.54) is 0 Å². The molecule has 0 radical (unpaired) electrons. The van der Waals surface area contributed by atoms with Gasteiger partial charge in [0.05, 0.1) is 11.1 Å². The number of benzene rings is 1. The lowest BCUT2D eigenvalue weighted by Gasteiger charge is -2.08. The van der Waals surface area contributed by atoms with E-state index < -0.39 is 44.5 Å². The molecule has 0 atom stereocenters. The molecule has 0 spiro atoms. The molecule has 0 amide bonds.